The summed E-state index contributed by atoms with van der Waals surface area (Å²) in [4.78, 5) is 61.1. The summed E-state index contributed by atoms with van der Waals surface area (Å²) in [5.41, 5.74) is 0. The van der Waals surface area contributed by atoms with Gasteiger partial charge in [0.2, 0.25) is 11.8 Å². The van der Waals surface area contributed by atoms with E-state index in [2.05, 4.69) is 50.5 Å². The van der Waals surface area contributed by atoms with Crippen molar-refractivity contribution in [2.75, 3.05) is 33.5 Å². The van der Waals surface area contributed by atoms with Crippen LogP contribution in [-0.4, -0.2) is 144 Å². The van der Waals surface area contributed by atoms with E-state index in [0.717, 1.165) is 135 Å². The van der Waals surface area contributed by atoms with Gasteiger partial charge >= 0.3 is 7.82 Å². The molecule has 0 aliphatic carbocycles. The van der Waals surface area contributed by atoms with E-state index >= 15 is 0 Å². The topological polar surface area (TPSA) is 258 Å². The average molecular weight is 1230 g/mol. The molecule has 19 heteroatoms. The average Bonchev–Trinajstić information content (AvgIpc) is 2.88. The second-order valence-electron chi connectivity index (χ2n) is 24.3. The zero-order valence-electron chi connectivity index (χ0n) is 54.0. The summed E-state index contributed by atoms with van der Waals surface area (Å²) >= 11 is 0. The Morgan fingerprint density at radius 3 is 1.48 bits per heavy atom. The number of ketones is 1. The van der Waals surface area contributed by atoms with Crippen molar-refractivity contribution in [2.45, 2.75) is 358 Å². The van der Waals surface area contributed by atoms with Gasteiger partial charge in [0.05, 0.1) is 25.2 Å². The van der Waals surface area contributed by atoms with Crippen LogP contribution in [0.5, 0.6) is 0 Å². The molecular weight excluding hydrogens is 1110 g/mol. The molecule has 85 heavy (non-hydrogen) atoms. The molecule has 500 valence electrons. The normalized spacial score (nSPS) is 23.2. The van der Waals surface area contributed by atoms with Crippen LogP contribution < -0.4 is 10.6 Å². The lowest BCUT2D eigenvalue weighted by Gasteiger charge is -2.47. The number of rotatable bonds is 57. The Hall–Kier alpha value is -1.90. The first-order chi connectivity index (χ1) is 41.2. The van der Waals surface area contributed by atoms with Crippen molar-refractivity contribution in [3.63, 3.8) is 0 Å². The number of nitrogens with one attached hydrogen (secondary N) is 2. The van der Waals surface area contributed by atoms with Crippen LogP contribution in [0, 0.1) is 0 Å². The number of phosphoric acid groups is 1. The molecule has 0 aromatic carbocycles. The first-order valence-electron chi connectivity index (χ1n) is 34.4. The number of ether oxygens (including phenoxy) is 6. The molecule has 2 aliphatic heterocycles. The first kappa shape index (κ1) is 79.2. The van der Waals surface area contributed by atoms with Gasteiger partial charge < -0.3 is 64.2 Å². The van der Waals surface area contributed by atoms with E-state index in [1.807, 2.05) is 0 Å². The van der Waals surface area contributed by atoms with Crippen LogP contribution in [-0.2, 0) is 51.9 Å². The number of amides is 2. The Kier molecular flexibility index (Phi) is 48.3. The first-order valence-corrected chi connectivity index (χ1v) is 35.9. The summed E-state index contributed by atoms with van der Waals surface area (Å²) in [7, 11) is -3.67. The van der Waals surface area contributed by atoms with E-state index in [0.29, 0.717) is 25.7 Å². The highest BCUT2D eigenvalue weighted by atomic mass is 31.2. The number of aliphatic hydroxyl groups is 3. The summed E-state index contributed by atoms with van der Waals surface area (Å²) in [6.45, 7) is 8.19. The van der Waals surface area contributed by atoms with Gasteiger partial charge in [-0.2, -0.15) is 0 Å². The third-order valence-electron chi connectivity index (χ3n) is 16.7. The summed E-state index contributed by atoms with van der Waals surface area (Å²) in [5.74, 6) is -1.34. The molecular formula is C66H125N2O16P. The Bertz CT molecular complexity index is 1710. The zero-order valence-corrected chi connectivity index (χ0v) is 54.9. The fourth-order valence-electron chi connectivity index (χ4n) is 11.5. The zero-order chi connectivity index (χ0) is 62.2. The maximum Gasteiger partial charge on any atom is 0.472 e. The molecule has 0 spiro atoms. The second kappa shape index (κ2) is 51.8. The number of Topliss-reactive ketones (excluding diaryl/α,β-unsaturated/α-hetero) is 1. The van der Waals surface area contributed by atoms with Crippen LogP contribution in [0.2, 0.25) is 0 Å². The largest absolute Gasteiger partial charge is 0.472 e. The number of phosphoric ester groups is 1. The third-order valence-corrected chi connectivity index (χ3v) is 17.2. The van der Waals surface area contributed by atoms with Crippen LogP contribution in [0.15, 0.2) is 12.2 Å². The van der Waals surface area contributed by atoms with Crippen LogP contribution in [0.3, 0.4) is 0 Å². The molecule has 2 saturated heterocycles. The molecule has 2 fully saturated rings. The van der Waals surface area contributed by atoms with Gasteiger partial charge in [-0.15, -0.1) is 0 Å². The third kappa shape index (κ3) is 38.4. The summed E-state index contributed by atoms with van der Waals surface area (Å²) in [6, 6.07) is -2.57. The molecule has 2 amide bonds. The monoisotopic (exact) mass is 1230 g/mol. The molecule has 0 bridgehead atoms. The van der Waals surface area contributed by atoms with Gasteiger partial charge in [0.1, 0.15) is 48.4 Å². The van der Waals surface area contributed by atoms with Gasteiger partial charge in [-0.3, -0.25) is 18.9 Å². The number of hydrogen-bond acceptors (Lipinski definition) is 14. The number of carbonyl (C=O) groups excluding carboxylic acids is 3. The summed E-state index contributed by atoms with van der Waals surface area (Å²) in [6.07, 6.45) is 32.4. The van der Waals surface area contributed by atoms with Gasteiger partial charge in [0, 0.05) is 39.8 Å². The van der Waals surface area contributed by atoms with Crippen molar-refractivity contribution < 1.29 is 77.0 Å². The molecule has 0 aromatic heterocycles. The van der Waals surface area contributed by atoms with Crippen molar-refractivity contribution in [3.05, 3.63) is 12.2 Å². The van der Waals surface area contributed by atoms with E-state index in [1.165, 1.54) is 77.0 Å². The van der Waals surface area contributed by atoms with Gasteiger partial charge in [-0.05, 0) is 64.2 Å². The summed E-state index contributed by atoms with van der Waals surface area (Å²) in [5, 5.41) is 39.9. The van der Waals surface area contributed by atoms with Crippen molar-refractivity contribution in [3.8, 4) is 0 Å². The number of aliphatic hydroxyl groups excluding tert-OH is 3. The number of allylic oxidation sites excluding steroid dienone is 2. The highest BCUT2D eigenvalue weighted by Gasteiger charge is 2.51. The fraction of sp³-hybridized carbons (Fsp3) is 0.924. The minimum absolute atomic E-state index is 0.00564. The van der Waals surface area contributed by atoms with Crippen molar-refractivity contribution >= 4 is 25.4 Å². The lowest BCUT2D eigenvalue weighted by atomic mass is 9.94. The van der Waals surface area contributed by atoms with Crippen LogP contribution in [0.25, 0.3) is 0 Å². The van der Waals surface area contributed by atoms with E-state index < -0.39 is 88.0 Å². The summed E-state index contributed by atoms with van der Waals surface area (Å²) < 4.78 is 55.4. The molecule has 0 saturated carbocycles. The maximum atomic E-state index is 13.9. The Labute approximate surface area is 515 Å². The Balaban J connectivity index is 2.33. The molecule has 0 radical (unpaired) electrons. The lowest BCUT2D eigenvalue weighted by molar-refractivity contribution is -0.300. The quantitative estimate of drug-likeness (QED) is 0.0129. The smallest absolute Gasteiger partial charge is 0.396 e. The van der Waals surface area contributed by atoms with Gasteiger partial charge in [-0.25, -0.2) is 4.57 Å². The molecule has 2 unspecified atom stereocenters. The SMILES string of the molecule is CCCCCC/C=C\CCCCCCCCCC(=O)NC1[C@H](OCC2O[C@H](OP(=O)(O)O)[C@H](NC(=O)CC(=O)CCCCCCCCCCC)[C@@H](OCCCCCCCCCC)[C@@H]2O)O[C@H](CCO)[C@@H](O)[C@@H]1OCC[C@@H](CCCCCCC)OC. The van der Waals surface area contributed by atoms with E-state index in [1.54, 1.807) is 7.11 Å². The van der Waals surface area contributed by atoms with E-state index in [-0.39, 0.29) is 56.9 Å². The maximum absolute atomic E-state index is 13.9. The standard InChI is InChI=1S/C66H125N2O16P/c1-6-10-14-18-21-24-25-26-27-28-29-31-33-37-41-45-57(71)67-59-63(80-50-47-54(78-5)44-40-35-17-13-9-4)61(73)55(46-48-69)82-65(59)81-52-56-62(74)64(79-49-42-38-34-23-20-16-12-8-3)60(66(83-56)84-85(75,76)77)68-58(72)51-53(70)43-39-36-32-30-22-19-15-11-7-2/h24-25,54-56,59-66,69,73-74H,6-23,26-52H2,1-5H3,(H,67,71)(H,68,72)(H2,75,76,77)/b25-24-/t54-,55-,56?,59?,60-,61-,62-,63-,64-,65-,66-/m1/s1. The predicted octanol–water partition coefficient (Wildman–Crippen LogP) is 13.2. The molecule has 7 N–H and O–H groups in total. The van der Waals surface area contributed by atoms with Crippen LogP contribution in [0.4, 0.5) is 0 Å². The molecule has 2 rings (SSSR count). The molecule has 2 aliphatic rings. The Morgan fingerprint density at radius 1 is 0.518 bits per heavy atom. The highest BCUT2D eigenvalue weighted by Crippen LogP contribution is 2.41. The van der Waals surface area contributed by atoms with Gasteiger partial charge in [0.15, 0.2) is 12.6 Å². The number of carbonyl (C=O) groups is 3. The van der Waals surface area contributed by atoms with Crippen molar-refractivity contribution in [1.82, 2.24) is 10.6 Å². The molecule has 18 nitrogen and oxygen atoms in total. The molecule has 11 atom stereocenters. The minimum Gasteiger partial charge on any atom is -0.396 e. The fourth-order valence-corrected chi connectivity index (χ4v) is 11.9. The number of unbranched alkanes of at least 4 members (excludes halogenated alkanes) is 30. The Morgan fingerprint density at radius 2 is 0.953 bits per heavy atom. The highest BCUT2D eigenvalue weighted by molar-refractivity contribution is 7.46. The van der Waals surface area contributed by atoms with Crippen LogP contribution >= 0.6 is 7.82 Å². The number of hydrogen-bond donors (Lipinski definition) is 7. The van der Waals surface area contributed by atoms with Gasteiger partial charge in [0.25, 0.3) is 0 Å². The van der Waals surface area contributed by atoms with Gasteiger partial charge in [-0.1, -0.05) is 220 Å². The minimum atomic E-state index is -5.34. The second-order valence-corrected chi connectivity index (χ2v) is 25.5. The van der Waals surface area contributed by atoms with Crippen LogP contribution in [0.1, 0.15) is 291 Å². The lowest BCUT2D eigenvalue weighted by Crippen LogP contribution is -2.67. The predicted molar refractivity (Wildman–Crippen MR) is 336 cm³/mol. The van der Waals surface area contributed by atoms with E-state index in [4.69, 9.17) is 32.9 Å². The molecule has 0 aromatic rings. The molecule has 2 heterocycles. The van der Waals surface area contributed by atoms with Crippen molar-refractivity contribution in [1.29, 1.82) is 0 Å². The number of methoxy groups -OCH3 is 1. The van der Waals surface area contributed by atoms with E-state index in [9.17, 15) is 44.1 Å². The van der Waals surface area contributed by atoms with Crippen molar-refractivity contribution in [2.24, 2.45) is 0 Å².